The summed E-state index contributed by atoms with van der Waals surface area (Å²) in [6.45, 7) is 10.7. The van der Waals surface area contributed by atoms with E-state index in [0.717, 1.165) is 50.9 Å². The normalized spacial score (nSPS) is 18.1. The van der Waals surface area contributed by atoms with Gasteiger partial charge in [-0.25, -0.2) is 0 Å². The Bertz CT molecular complexity index is 713. The molecule has 5 nitrogen and oxygen atoms in total. The fraction of sp³-hybridized carbons (Fsp3) is 0.652. The number of hydrogen-bond acceptors (Lipinski definition) is 3. The molecule has 1 heterocycles. The lowest BCUT2D eigenvalue weighted by atomic mass is 9.84. The number of amides is 2. The third kappa shape index (κ3) is 5.98. The number of carbonyl (C=O) groups is 2. The molecule has 1 aromatic carbocycles. The topological polar surface area (TPSA) is 61.4 Å². The van der Waals surface area contributed by atoms with Crippen molar-refractivity contribution in [2.45, 2.75) is 72.3 Å². The van der Waals surface area contributed by atoms with Crippen molar-refractivity contribution in [3.8, 4) is 0 Å². The maximum Gasteiger partial charge on any atom is 0.253 e. The maximum atomic E-state index is 12.8. The first-order valence-corrected chi connectivity index (χ1v) is 10.7. The lowest BCUT2D eigenvalue weighted by Gasteiger charge is -2.23. The molecule has 1 saturated carbocycles. The Labute approximate surface area is 169 Å². The zero-order valence-electron chi connectivity index (χ0n) is 17.8. The monoisotopic (exact) mass is 385 g/mol. The Hall–Kier alpha value is -2.04. The summed E-state index contributed by atoms with van der Waals surface area (Å²) in [6.07, 6.45) is 5.94. The highest BCUT2D eigenvalue weighted by atomic mass is 16.2. The predicted octanol–water partition coefficient (Wildman–Crippen LogP) is 4.58. The third-order valence-corrected chi connectivity index (χ3v) is 5.38. The summed E-state index contributed by atoms with van der Waals surface area (Å²) < 4.78 is 0. The van der Waals surface area contributed by atoms with E-state index in [4.69, 9.17) is 0 Å². The fourth-order valence-electron chi connectivity index (χ4n) is 4.17. The SMILES string of the molecule is CC(CC(=O)Nc1ccc(N2CCCC2)c(C(=O)NC2CC2)c1)CC(C)(C)C. The summed E-state index contributed by atoms with van der Waals surface area (Å²) in [7, 11) is 0. The molecule has 1 saturated heterocycles. The molecule has 0 bridgehead atoms. The number of hydrogen-bond donors (Lipinski definition) is 2. The maximum absolute atomic E-state index is 12.8. The number of carbonyl (C=O) groups excluding carboxylic acids is 2. The molecule has 1 atom stereocenters. The molecule has 2 aliphatic rings. The lowest BCUT2D eigenvalue weighted by molar-refractivity contribution is -0.117. The standard InChI is InChI=1S/C23H35N3O2/c1-16(15-23(2,3)4)13-21(27)24-18-9-10-20(26-11-5-6-12-26)19(14-18)22(28)25-17-7-8-17/h9-10,14,16-17H,5-8,11-13,15H2,1-4H3,(H,24,27)(H,25,28). The first-order valence-electron chi connectivity index (χ1n) is 10.7. The molecule has 5 heteroatoms. The average molecular weight is 386 g/mol. The van der Waals surface area contributed by atoms with Crippen LogP contribution in [0.15, 0.2) is 18.2 Å². The van der Waals surface area contributed by atoms with Gasteiger partial charge in [0, 0.05) is 36.9 Å². The van der Waals surface area contributed by atoms with Gasteiger partial charge in [0.05, 0.1) is 5.56 Å². The van der Waals surface area contributed by atoms with Crippen LogP contribution in [-0.2, 0) is 4.79 Å². The van der Waals surface area contributed by atoms with E-state index in [1.807, 2.05) is 18.2 Å². The molecular weight excluding hydrogens is 350 g/mol. The lowest BCUT2D eigenvalue weighted by Crippen LogP contribution is -2.29. The summed E-state index contributed by atoms with van der Waals surface area (Å²) in [5, 5.41) is 6.10. The van der Waals surface area contributed by atoms with Crippen LogP contribution in [0.2, 0.25) is 0 Å². The number of benzene rings is 1. The van der Waals surface area contributed by atoms with Crippen molar-refractivity contribution < 1.29 is 9.59 Å². The Morgan fingerprint density at radius 1 is 1.18 bits per heavy atom. The van der Waals surface area contributed by atoms with Crippen LogP contribution in [0.4, 0.5) is 11.4 Å². The van der Waals surface area contributed by atoms with Gasteiger partial charge in [0.25, 0.3) is 5.91 Å². The first kappa shape index (κ1) is 20.7. The molecule has 1 aromatic rings. The first-order chi connectivity index (χ1) is 13.2. The molecular formula is C23H35N3O2. The molecule has 2 N–H and O–H groups in total. The largest absolute Gasteiger partial charge is 0.371 e. The fourth-order valence-corrected chi connectivity index (χ4v) is 4.17. The Morgan fingerprint density at radius 3 is 2.46 bits per heavy atom. The van der Waals surface area contributed by atoms with E-state index in [1.165, 1.54) is 0 Å². The van der Waals surface area contributed by atoms with E-state index in [9.17, 15) is 9.59 Å². The molecule has 0 radical (unpaired) electrons. The van der Waals surface area contributed by atoms with Crippen molar-refractivity contribution >= 4 is 23.2 Å². The van der Waals surface area contributed by atoms with Crippen LogP contribution in [0.1, 0.15) is 76.6 Å². The van der Waals surface area contributed by atoms with Gasteiger partial charge in [0.15, 0.2) is 0 Å². The quantitative estimate of drug-likeness (QED) is 0.722. The van der Waals surface area contributed by atoms with E-state index in [0.29, 0.717) is 29.6 Å². The minimum Gasteiger partial charge on any atom is -0.371 e. The zero-order chi connectivity index (χ0) is 20.3. The second-order valence-corrected chi connectivity index (χ2v) is 9.80. The van der Waals surface area contributed by atoms with Gasteiger partial charge in [-0.3, -0.25) is 9.59 Å². The van der Waals surface area contributed by atoms with Gasteiger partial charge in [-0.1, -0.05) is 27.7 Å². The van der Waals surface area contributed by atoms with Crippen molar-refractivity contribution in [2.75, 3.05) is 23.3 Å². The summed E-state index contributed by atoms with van der Waals surface area (Å²) >= 11 is 0. The molecule has 28 heavy (non-hydrogen) atoms. The van der Waals surface area contributed by atoms with Crippen LogP contribution in [0.3, 0.4) is 0 Å². The van der Waals surface area contributed by atoms with E-state index in [-0.39, 0.29) is 17.2 Å². The van der Waals surface area contributed by atoms with Gasteiger partial charge in [-0.05, 0) is 61.6 Å². The smallest absolute Gasteiger partial charge is 0.253 e. The minimum atomic E-state index is -0.0263. The molecule has 1 unspecified atom stereocenters. The number of nitrogens with zero attached hydrogens (tertiary/aromatic N) is 1. The molecule has 0 aromatic heterocycles. The predicted molar refractivity (Wildman–Crippen MR) is 115 cm³/mol. The number of rotatable bonds is 7. The summed E-state index contributed by atoms with van der Waals surface area (Å²) in [4.78, 5) is 27.6. The van der Waals surface area contributed by atoms with Crippen molar-refractivity contribution in [3.05, 3.63) is 23.8 Å². The van der Waals surface area contributed by atoms with Crippen molar-refractivity contribution in [2.24, 2.45) is 11.3 Å². The van der Waals surface area contributed by atoms with Gasteiger partial charge in [-0.2, -0.15) is 0 Å². The third-order valence-electron chi connectivity index (χ3n) is 5.38. The summed E-state index contributed by atoms with van der Waals surface area (Å²) in [6, 6.07) is 6.07. The molecule has 154 valence electrons. The van der Waals surface area contributed by atoms with E-state index < -0.39 is 0 Å². The van der Waals surface area contributed by atoms with Crippen LogP contribution in [-0.4, -0.2) is 30.9 Å². The van der Waals surface area contributed by atoms with Gasteiger partial charge in [-0.15, -0.1) is 0 Å². The molecule has 2 amide bonds. The molecule has 3 rings (SSSR count). The van der Waals surface area contributed by atoms with E-state index in [1.54, 1.807) is 0 Å². The molecule has 1 aliphatic carbocycles. The van der Waals surface area contributed by atoms with Crippen LogP contribution in [0.25, 0.3) is 0 Å². The number of anilines is 2. The van der Waals surface area contributed by atoms with Gasteiger partial charge in [0.2, 0.25) is 5.91 Å². The zero-order valence-corrected chi connectivity index (χ0v) is 17.8. The Balaban J connectivity index is 1.70. The second-order valence-electron chi connectivity index (χ2n) is 9.80. The highest BCUT2D eigenvalue weighted by Gasteiger charge is 2.27. The van der Waals surface area contributed by atoms with Crippen molar-refractivity contribution in [1.29, 1.82) is 0 Å². The van der Waals surface area contributed by atoms with Crippen LogP contribution in [0.5, 0.6) is 0 Å². The second kappa shape index (κ2) is 8.54. The van der Waals surface area contributed by atoms with Gasteiger partial charge >= 0.3 is 0 Å². The Morgan fingerprint density at radius 2 is 1.86 bits per heavy atom. The van der Waals surface area contributed by atoms with Gasteiger partial charge in [0.1, 0.15) is 0 Å². The van der Waals surface area contributed by atoms with E-state index in [2.05, 4.69) is 43.2 Å². The van der Waals surface area contributed by atoms with Gasteiger partial charge < -0.3 is 15.5 Å². The average Bonchev–Trinajstić information content (AvgIpc) is 3.22. The molecule has 2 fully saturated rings. The number of nitrogens with one attached hydrogen (secondary N) is 2. The van der Waals surface area contributed by atoms with Crippen LogP contribution in [0, 0.1) is 11.3 Å². The summed E-state index contributed by atoms with van der Waals surface area (Å²) in [5.74, 6) is 0.308. The molecule has 0 spiro atoms. The molecule has 1 aliphatic heterocycles. The van der Waals surface area contributed by atoms with E-state index >= 15 is 0 Å². The highest BCUT2D eigenvalue weighted by Crippen LogP contribution is 2.30. The van der Waals surface area contributed by atoms with Crippen molar-refractivity contribution in [3.63, 3.8) is 0 Å². The van der Waals surface area contributed by atoms with Crippen LogP contribution >= 0.6 is 0 Å². The summed E-state index contributed by atoms with van der Waals surface area (Å²) in [5.41, 5.74) is 2.58. The highest BCUT2D eigenvalue weighted by molar-refractivity contribution is 6.02. The van der Waals surface area contributed by atoms with Crippen LogP contribution < -0.4 is 15.5 Å². The van der Waals surface area contributed by atoms with Crippen molar-refractivity contribution in [1.82, 2.24) is 5.32 Å². The Kier molecular flexibility index (Phi) is 6.31. The minimum absolute atomic E-state index is 0.0132.